The summed E-state index contributed by atoms with van der Waals surface area (Å²) < 4.78 is 5.97. The van der Waals surface area contributed by atoms with Gasteiger partial charge < -0.3 is 14.9 Å². The molecule has 0 spiro atoms. The van der Waals surface area contributed by atoms with Crippen LogP contribution in [0.2, 0.25) is 0 Å². The van der Waals surface area contributed by atoms with Gasteiger partial charge in [-0.05, 0) is 46.0 Å². The Labute approximate surface area is 93.5 Å². The van der Waals surface area contributed by atoms with E-state index in [0.717, 1.165) is 32.1 Å². The molecule has 0 atom stereocenters. The van der Waals surface area contributed by atoms with Gasteiger partial charge in [0.05, 0.1) is 11.7 Å². The van der Waals surface area contributed by atoms with Crippen LogP contribution in [-0.4, -0.2) is 35.1 Å². The fraction of sp³-hybridized carbons (Fsp3) is 1.00. The summed E-state index contributed by atoms with van der Waals surface area (Å²) in [6.45, 7) is 6.70. The number of aliphatic hydroxyl groups is 2. The Hall–Kier alpha value is -0.120. The predicted octanol–water partition coefficient (Wildman–Crippen LogP) is 2.11. The minimum Gasteiger partial charge on any atom is -0.396 e. The normalized spacial score (nSPS) is 12.4. The SMILES string of the molecule is CCC(C)(C)OC(CCCO)CCCO. The summed E-state index contributed by atoms with van der Waals surface area (Å²) in [5.74, 6) is 0. The van der Waals surface area contributed by atoms with Crippen molar-refractivity contribution in [1.29, 1.82) is 0 Å². The molecule has 0 saturated carbocycles. The second kappa shape index (κ2) is 8.08. The summed E-state index contributed by atoms with van der Waals surface area (Å²) in [6, 6.07) is 0. The smallest absolute Gasteiger partial charge is 0.0627 e. The zero-order valence-corrected chi connectivity index (χ0v) is 10.3. The first-order valence-electron chi connectivity index (χ1n) is 5.95. The fourth-order valence-electron chi connectivity index (χ4n) is 1.43. The van der Waals surface area contributed by atoms with Crippen LogP contribution >= 0.6 is 0 Å². The quantitative estimate of drug-likeness (QED) is 0.623. The van der Waals surface area contributed by atoms with E-state index in [1.54, 1.807) is 0 Å². The number of ether oxygens (including phenoxy) is 1. The van der Waals surface area contributed by atoms with E-state index in [9.17, 15) is 0 Å². The van der Waals surface area contributed by atoms with Crippen molar-refractivity contribution in [3.8, 4) is 0 Å². The lowest BCUT2D eigenvalue weighted by Gasteiger charge is -2.30. The maximum atomic E-state index is 8.79. The standard InChI is InChI=1S/C12H26O3/c1-4-12(2,3)15-11(7-5-9-13)8-6-10-14/h11,13-14H,4-10H2,1-3H3. The molecule has 0 bridgehead atoms. The number of hydrogen-bond acceptors (Lipinski definition) is 3. The molecule has 0 radical (unpaired) electrons. The first-order chi connectivity index (χ1) is 7.05. The summed E-state index contributed by atoms with van der Waals surface area (Å²) in [4.78, 5) is 0. The van der Waals surface area contributed by atoms with Crippen LogP contribution in [0.15, 0.2) is 0 Å². The van der Waals surface area contributed by atoms with E-state index in [1.165, 1.54) is 0 Å². The Bertz CT molecular complexity index is 138. The molecule has 0 aromatic heterocycles. The molecule has 0 aromatic carbocycles. The molecule has 0 heterocycles. The van der Waals surface area contributed by atoms with Crippen LogP contribution in [0.3, 0.4) is 0 Å². The third-order valence-electron chi connectivity index (χ3n) is 2.71. The Morgan fingerprint density at radius 1 is 1.07 bits per heavy atom. The molecule has 3 heteroatoms. The van der Waals surface area contributed by atoms with Gasteiger partial charge in [0.25, 0.3) is 0 Å². The van der Waals surface area contributed by atoms with E-state index in [0.29, 0.717) is 0 Å². The van der Waals surface area contributed by atoms with Gasteiger partial charge in [-0.25, -0.2) is 0 Å². The fourth-order valence-corrected chi connectivity index (χ4v) is 1.43. The summed E-state index contributed by atoms with van der Waals surface area (Å²) in [5, 5.41) is 17.6. The molecule has 92 valence electrons. The van der Waals surface area contributed by atoms with Crippen LogP contribution < -0.4 is 0 Å². The molecule has 0 aliphatic rings. The lowest BCUT2D eigenvalue weighted by molar-refractivity contribution is -0.0824. The molecule has 0 fully saturated rings. The summed E-state index contributed by atoms with van der Waals surface area (Å²) in [6.07, 6.45) is 4.44. The van der Waals surface area contributed by atoms with Crippen LogP contribution in [-0.2, 0) is 4.74 Å². The van der Waals surface area contributed by atoms with Crippen molar-refractivity contribution in [2.45, 2.75) is 64.6 Å². The van der Waals surface area contributed by atoms with Gasteiger partial charge in [0.15, 0.2) is 0 Å². The molecule has 0 unspecified atom stereocenters. The Morgan fingerprint density at radius 2 is 1.53 bits per heavy atom. The predicted molar refractivity (Wildman–Crippen MR) is 61.9 cm³/mol. The highest BCUT2D eigenvalue weighted by molar-refractivity contribution is 4.70. The molecule has 0 amide bonds. The van der Waals surface area contributed by atoms with Gasteiger partial charge in [-0.3, -0.25) is 0 Å². The van der Waals surface area contributed by atoms with Crippen LogP contribution in [0, 0.1) is 0 Å². The monoisotopic (exact) mass is 218 g/mol. The van der Waals surface area contributed by atoms with E-state index >= 15 is 0 Å². The lowest BCUT2D eigenvalue weighted by Crippen LogP contribution is -2.30. The molecular weight excluding hydrogens is 192 g/mol. The van der Waals surface area contributed by atoms with Crippen LogP contribution in [0.1, 0.15) is 52.9 Å². The van der Waals surface area contributed by atoms with Crippen molar-refractivity contribution in [3.63, 3.8) is 0 Å². The van der Waals surface area contributed by atoms with E-state index in [2.05, 4.69) is 20.8 Å². The number of rotatable bonds is 9. The molecule has 0 aliphatic carbocycles. The van der Waals surface area contributed by atoms with Gasteiger partial charge in [0.1, 0.15) is 0 Å². The third-order valence-corrected chi connectivity index (χ3v) is 2.71. The lowest BCUT2D eigenvalue weighted by atomic mass is 10.0. The average Bonchev–Trinajstić information content (AvgIpc) is 2.22. The van der Waals surface area contributed by atoms with Crippen molar-refractivity contribution in [2.75, 3.05) is 13.2 Å². The third kappa shape index (κ3) is 7.77. The largest absolute Gasteiger partial charge is 0.396 e. The van der Waals surface area contributed by atoms with E-state index < -0.39 is 0 Å². The average molecular weight is 218 g/mol. The minimum absolute atomic E-state index is 0.102. The maximum absolute atomic E-state index is 8.79. The van der Waals surface area contributed by atoms with Gasteiger partial charge in [-0.1, -0.05) is 6.92 Å². The van der Waals surface area contributed by atoms with Gasteiger partial charge in [-0.2, -0.15) is 0 Å². The van der Waals surface area contributed by atoms with Gasteiger partial charge in [0.2, 0.25) is 0 Å². The molecule has 0 rings (SSSR count). The molecule has 0 aromatic rings. The summed E-state index contributed by atoms with van der Waals surface area (Å²) >= 11 is 0. The Kier molecular flexibility index (Phi) is 8.02. The highest BCUT2D eigenvalue weighted by Crippen LogP contribution is 2.21. The van der Waals surface area contributed by atoms with E-state index in [1.807, 2.05) is 0 Å². The van der Waals surface area contributed by atoms with Crippen molar-refractivity contribution in [2.24, 2.45) is 0 Å². The van der Waals surface area contributed by atoms with Gasteiger partial charge >= 0.3 is 0 Å². The first kappa shape index (κ1) is 14.9. The van der Waals surface area contributed by atoms with Crippen LogP contribution in [0.4, 0.5) is 0 Å². The summed E-state index contributed by atoms with van der Waals surface area (Å²) in [5.41, 5.74) is -0.102. The Morgan fingerprint density at radius 3 is 1.87 bits per heavy atom. The first-order valence-corrected chi connectivity index (χ1v) is 5.95. The molecular formula is C12H26O3. The number of hydrogen-bond donors (Lipinski definition) is 2. The molecule has 3 nitrogen and oxygen atoms in total. The molecule has 2 N–H and O–H groups in total. The summed E-state index contributed by atoms with van der Waals surface area (Å²) in [7, 11) is 0. The van der Waals surface area contributed by atoms with Crippen molar-refractivity contribution in [1.82, 2.24) is 0 Å². The zero-order chi connectivity index (χ0) is 11.7. The molecule has 0 saturated heterocycles. The topological polar surface area (TPSA) is 49.7 Å². The highest BCUT2D eigenvalue weighted by Gasteiger charge is 2.21. The second-order valence-electron chi connectivity index (χ2n) is 4.58. The van der Waals surface area contributed by atoms with Gasteiger partial charge in [0, 0.05) is 13.2 Å². The maximum Gasteiger partial charge on any atom is 0.0627 e. The van der Waals surface area contributed by atoms with Crippen molar-refractivity contribution < 1.29 is 14.9 Å². The highest BCUT2D eigenvalue weighted by atomic mass is 16.5. The molecule has 15 heavy (non-hydrogen) atoms. The minimum atomic E-state index is -0.102. The van der Waals surface area contributed by atoms with Crippen LogP contribution in [0.5, 0.6) is 0 Å². The number of aliphatic hydroxyl groups excluding tert-OH is 2. The van der Waals surface area contributed by atoms with E-state index in [4.69, 9.17) is 14.9 Å². The second-order valence-corrected chi connectivity index (χ2v) is 4.58. The van der Waals surface area contributed by atoms with Crippen molar-refractivity contribution in [3.05, 3.63) is 0 Å². The Balaban J connectivity index is 3.98. The van der Waals surface area contributed by atoms with Crippen LogP contribution in [0.25, 0.3) is 0 Å². The van der Waals surface area contributed by atoms with Gasteiger partial charge in [-0.15, -0.1) is 0 Å². The zero-order valence-electron chi connectivity index (χ0n) is 10.3. The van der Waals surface area contributed by atoms with E-state index in [-0.39, 0.29) is 24.9 Å². The van der Waals surface area contributed by atoms with Crippen molar-refractivity contribution >= 4 is 0 Å². The molecule has 0 aliphatic heterocycles.